The number of hydrogen-bond donors (Lipinski definition) is 2. The maximum atomic E-state index is 12.9. The molecule has 9 heteroatoms. The zero-order chi connectivity index (χ0) is 29.7. The van der Waals surface area contributed by atoms with Crippen LogP contribution in [0.2, 0.25) is 0 Å². The summed E-state index contributed by atoms with van der Waals surface area (Å²) in [7, 11) is 0. The molecule has 0 aliphatic heterocycles. The van der Waals surface area contributed by atoms with E-state index in [9.17, 15) is 32.2 Å². The molecule has 2 aliphatic rings. The van der Waals surface area contributed by atoms with Gasteiger partial charge >= 0.3 is 12.1 Å². The van der Waals surface area contributed by atoms with Crippen molar-refractivity contribution < 1.29 is 36.9 Å². The molecule has 0 heterocycles. The normalized spacial score (nSPS) is 26.6. The molecule has 2 aliphatic carbocycles. The summed E-state index contributed by atoms with van der Waals surface area (Å²) in [5.74, 6) is -1.50. The number of aromatic hydroxyl groups is 1. The van der Waals surface area contributed by atoms with Crippen LogP contribution in [0.4, 0.5) is 22.0 Å². The van der Waals surface area contributed by atoms with E-state index >= 15 is 0 Å². The maximum Gasteiger partial charge on any atom is 0.453 e. The number of alkyl halides is 5. The Kier molecular flexibility index (Phi) is 10.5. The van der Waals surface area contributed by atoms with E-state index in [2.05, 4.69) is 19.1 Å². The summed E-state index contributed by atoms with van der Waals surface area (Å²) in [5.41, 5.74) is 2.34. The smallest absolute Gasteiger partial charge is 0.453 e. The van der Waals surface area contributed by atoms with Gasteiger partial charge in [-0.05, 0) is 121 Å². The van der Waals surface area contributed by atoms with Gasteiger partial charge in [0.25, 0.3) is 0 Å². The molecular formula is C32H41F5O3S. The number of halogens is 5. The fourth-order valence-corrected chi connectivity index (χ4v) is 7.59. The Morgan fingerprint density at radius 1 is 0.854 bits per heavy atom. The zero-order valence-electron chi connectivity index (χ0n) is 23.5. The Morgan fingerprint density at radius 2 is 1.49 bits per heavy atom. The molecule has 0 saturated heterocycles. The van der Waals surface area contributed by atoms with Crippen LogP contribution in [0.5, 0.6) is 11.5 Å². The second kappa shape index (κ2) is 13.5. The second-order valence-electron chi connectivity index (χ2n) is 11.9. The van der Waals surface area contributed by atoms with E-state index in [0.717, 1.165) is 56.4 Å². The van der Waals surface area contributed by atoms with Crippen molar-refractivity contribution in [2.24, 2.45) is 11.3 Å². The summed E-state index contributed by atoms with van der Waals surface area (Å²) in [4.78, 5) is 0. The van der Waals surface area contributed by atoms with Gasteiger partial charge in [-0.15, -0.1) is 0 Å². The molecule has 2 aromatic rings. The fourth-order valence-electron chi connectivity index (χ4n) is 6.63. The summed E-state index contributed by atoms with van der Waals surface area (Å²) in [5, 5.41) is 20.6. The Balaban J connectivity index is 1.22. The number of fused-ring (bicyclic) bond motifs is 1. The molecule has 0 aromatic heterocycles. The predicted octanol–water partition coefficient (Wildman–Crippen LogP) is 9.09. The summed E-state index contributed by atoms with van der Waals surface area (Å²) >= 11 is 1.41. The van der Waals surface area contributed by atoms with Crippen molar-refractivity contribution in [2.45, 2.75) is 94.7 Å². The van der Waals surface area contributed by atoms with Crippen molar-refractivity contribution in [3.8, 4) is 11.5 Å². The summed E-state index contributed by atoms with van der Waals surface area (Å²) in [6.45, 7) is 2.78. The molecule has 0 unspecified atom stereocenters. The van der Waals surface area contributed by atoms with Crippen molar-refractivity contribution in [1.82, 2.24) is 0 Å². The molecule has 41 heavy (non-hydrogen) atoms. The minimum atomic E-state index is -5.47. The van der Waals surface area contributed by atoms with E-state index in [4.69, 9.17) is 4.74 Å². The lowest BCUT2D eigenvalue weighted by atomic mass is 9.58. The van der Waals surface area contributed by atoms with Gasteiger partial charge in [-0.2, -0.15) is 33.7 Å². The maximum absolute atomic E-state index is 12.9. The molecule has 2 aromatic carbocycles. The largest absolute Gasteiger partial charge is 0.508 e. The van der Waals surface area contributed by atoms with Crippen molar-refractivity contribution in [3.63, 3.8) is 0 Å². The topological polar surface area (TPSA) is 49.7 Å². The molecule has 5 atom stereocenters. The monoisotopic (exact) mass is 600 g/mol. The van der Waals surface area contributed by atoms with Crippen LogP contribution in [0.25, 0.3) is 0 Å². The van der Waals surface area contributed by atoms with Gasteiger partial charge in [0.2, 0.25) is 0 Å². The van der Waals surface area contributed by atoms with Gasteiger partial charge in [-0.25, -0.2) is 0 Å². The van der Waals surface area contributed by atoms with Gasteiger partial charge in [0.05, 0.1) is 12.7 Å². The first-order chi connectivity index (χ1) is 19.4. The summed E-state index contributed by atoms with van der Waals surface area (Å²) in [6.07, 6.45) is -0.667. The summed E-state index contributed by atoms with van der Waals surface area (Å²) < 4.78 is 68.3. The summed E-state index contributed by atoms with van der Waals surface area (Å²) in [6, 6.07) is 15.8. The molecule has 2 N–H and O–H groups in total. The van der Waals surface area contributed by atoms with Gasteiger partial charge in [0.1, 0.15) is 11.5 Å². The van der Waals surface area contributed by atoms with E-state index in [1.54, 1.807) is 12.1 Å². The van der Waals surface area contributed by atoms with Crippen molar-refractivity contribution in [1.29, 1.82) is 0 Å². The molecule has 0 spiro atoms. The number of thioether (sulfide) groups is 1. The first kappa shape index (κ1) is 31.9. The van der Waals surface area contributed by atoms with Crippen LogP contribution >= 0.6 is 11.8 Å². The number of rotatable bonds is 13. The number of phenolic OH excluding ortho intramolecular Hbond substituents is 1. The number of phenols is 1. The molecular weight excluding hydrogens is 559 g/mol. The first-order valence-electron chi connectivity index (χ1n) is 14.6. The molecule has 0 radical (unpaired) electrons. The lowest BCUT2D eigenvalue weighted by Crippen LogP contribution is -2.40. The van der Waals surface area contributed by atoms with Crippen LogP contribution in [0.1, 0.15) is 87.7 Å². The van der Waals surface area contributed by atoms with Gasteiger partial charge in [-0.1, -0.05) is 31.2 Å². The van der Waals surface area contributed by atoms with Gasteiger partial charge in [0, 0.05) is 6.42 Å². The van der Waals surface area contributed by atoms with Crippen LogP contribution < -0.4 is 4.74 Å². The van der Waals surface area contributed by atoms with Gasteiger partial charge < -0.3 is 14.9 Å². The predicted molar refractivity (Wildman–Crippen MR) is 153 cm³/mol. The molecule has 3 nitrogen and oxygen atoms in total. The highest BCUT2D eigenvalue weighted by atomic mass is 32.2. The van der Waals surface area contributed by atoms with Crippen LogP contribution in [0.3, 0.4) is 0 Å². The Morgan fingerprint density at radius 3 is 2.17 bits per heavy atom. The standard InChI is InChI=1S/C32H41F5O3S/c1-30-21-28(27(20-24(30)10-15-29(30)39)22-6-11-25(38)12-7-22)23-8-13-26(14-9-23)40-17-3-2-4-18-41-19-5-16-31(33,34)32(35,36)37/h6-9,11-14,24,27-29,38-39H,2-5,10,15-21H2,1H3/t24-,27-,28+,29-,30-/m0/s1. The molecule has 2 saturated carbocycles. The molecule has 4 rings (SSSR count). The number of benzene rings is 2. The third kappa shape index (κ3) is 7.89. The first-order valence-corrected chi connectivity index (χ1v) is 15.8. The minimum Gasteiger partial charge on any atom is -0.508 e. The average molecular weight is 601 g/mol. The molecule has 0 bridgehead atoms. The van der Waals surface area contributed by atoms with E-state index in [1.165, 1.54) is 22.9 Å². The number of unbranched alkanes of at least 4 members (excludes halogenated alkanes) is 2. The number of aliphatic hydroxyl groups is 1. The quantitative estimate of drug-likeness (QED) is 0.178. The van der Waals surface area contributed by atoms with Crippen LogP contribution in [0.15, 0.2) is 48.5 Å². The third-order valence-electron chi connectivity index (χ3n) is 9.19. The zero-order valence-corrected chi connectivity index (χ0v) is 24.3. The average Bonchev–Trinajstić information content (AvgIpc) is 3.22. The van der Waals surface area contributed by atoms with Crippen LogP contribution in [0, 0.1) is 11.3 Å². The van der Waals surface area contributed by atoms with E-state index in [0.29, 0.717) is 24.2 Å². The lowest BCUT2D eigenvalue weighted by molar-refractivity contribution is -0.284. The van der Waals surface area contributed by atoms with Crippen LogP contribution in [-0.2, 0) is 0 Å². The molecule has 228 valence electrons. The van der Waals surface area contributed by atoms with Crippen molar-refractivity contribution >= 4 is 11.8 Å². The third-order valence-corrected chi connectivity index (χ3v) is 10.3. The number of hydrogen-bond acceptors (Lipinski definition) is 4. The Bertz CT molecular complexity index is 1090. The van der Waals surface area contributed by atoms with Crippen molar-refractivity contribution in [3.05, 3.63) is 59.7 Å². The SMILES string of the molecule is C[C@]12C[C@H](c3ccc(OCCCCCSCCCC(F)(F)C(F)(F)F)cc3)[C@H](c3ccc(O)cc3)C[C@@H]1CC[C@@H]2O. The Hall–Kier alpha value is -2.00. The molecule has 2 fully saturated rings. The fraction of sp³-hybridized carbons (Fsp3) is 0.625. The van der Waals surface area contributed by atoms with E-state index in [1.807, 2.05) is 24.3 Å². The van der Waals surface area contributed by atoms with E-state index in [-0.39, 0.29) is 29.6 Å². The highest BCUT2D eigenvalue weighted by molar-refractivity contribution is 7.99. The number of aliphatic hydroxyl groups excluding tert-OH is 1. The highest BCUT2D eigenvalue weighted by Crippen LogP contribution is 2.60. The lowest BCUT2D eigenvalue weighted by Gasteiger charge is -2.47. The van der Waals surface area contributed by atoms with Crippen LogP contribution in [-0.4, -0.2) is 46.5 Å². The van der Waals surface area contributed by atoms with Gasteiger partial charge in [-0.3, -0.25) is 0 Å². The highest BCUT2D eigenvalue weighted by Gasteiger charge is 2.56. The second-order valence-corrected chi connectivity index (χ2v) is 13.2. The van der Waals surface area contributed by atoms with Gasteiger partial charge in [0.15, 0.2) is 0 Å². The minimum absolute atomic E-state index is 0.0975. The van der Waals surface area contributed by atoms with E-state index < -0.39 is 18.5 Å². The Labute approximate surface area is 243 Å². The van der Waals surface area contributed by atoms with Crippen molar-refractivity contribution in [2.75, 3.05) is 18.1 Å². The number of ether oxygens (including phenoxy) is 1. The molecule has 0 amide bonds.